The molecule has 0 unspecified atom stereocenters. The van der Waals surface area contributed by atoms with Crippen LogP contribution in [0, 0.1) is 17.8 Å². The highest BCUT2D eigenvalue weighted by Crippen LogP contribution is 2.44. The summed E-state index contributed by atoms with van der Waals surface area (Å²) in [4.78, 5) is 12.4. The molecule has 7 heteroatoms. The van der Waals surface area contributed by atoms with Crippen molar-refractivity contribution in [2.45, 2.75) is 44.6 Å². The number of piperidine rings is 1. The molecule has 0 aromatic rings. The predicted molar refractivity (Wildman–Crippen MR) is 84.3 cm³/mol. The summed E-state index contributed by atoms with van der Waals surface area (Å²) in [6.45, 7) is 0.880. The van der Waals surface area contributed by atoms with Crippen LogP contribution in [0.25, 0.3) is 0 Å². The monoisotopic (exact) mass is 329 g/mol. The summed E-state index contributed by atoms with van der Waals surface area (Å²) < 4.78 is 26.9. The number of nitrogens with zero attached hydrogens (tertiary/aromatic N) is 2. The molecule has 1 amide bonds. The van der Waals surface area contributed by atoms with E-state index in [-0.39, 0.29) is 11.8 Å². The summed E-state index contributed by atoms with van der Waals surface area (Å²) in [7, 11) is -0.254. The minimum absolute atomic E-state index is 0.0345. The molecule has 3 fully saturated rings. The van der Waals surface area contributed by atoms with Crippen molar-refractivity contribution in [3.63, 3.8) is 0 Å². The number of carbonyl (C=O) groups excluding carboxylic acids is 1. The van der Waals surface area contributed by atoms with Gasteiger partial charge in [0.1, 0.15) is 0 Å². The molecule has 6 nitrogen and oxygen atoms in total. The summed E-state index contributed by atoms with van der Waals surface area (Å²) in [5.74, 6) is 1.61. The summed E-state index contributed by atoms with van der Waals surface area (Å²) >= 11 is 0. The largest absolute Gasteiger partial charge is 0.353 e. The minimum Gasteiger partial charge on any atom is -0.353 e. The molecule has 3 atom stereocenters. The van der Waals surface area contributed by atoms with E-state index in [4.69, 9.17) is 0 Å². The Morgan fingerprint density at radius 1 is 1.09 bits per heavy atom. The van der Waals surface area contributed by atoms with E-state index in [0.29, 0.717) is 37.9 Å². The lowest BCUT2D eigenvalue weighted by Gasteiger charge is -2.33. The highest BCUT2D eigenvalue weighted by atomic mass is 32.2. The molecular formula is C15H27N3O3S. The highest BCUT2D eigenvalue weighted by Gasteiger charge is 2.41. The third kappa shape index (κ3) is 3.03. The van der Waals surface area contributed by atoms with E-state index >= 15 is 0 Å². The summed E-state index contributed by atoms with van der Waals surface area (Å²) in [6, 6.07) is 0.370. The van der Waals surface area contributed by atoms with Gasteiger partial charge in [0, 0.05) is 39.1 Å². The van der Waals surface area contributed by atoms with Crippen LogP contribution in [-0.4, -0.2) is 56.2 Å². The maximum Gasteiger partial charge on any atom is 0.281 e. The molecule has 126 valence electrons. The average molecular weight is 329 g/mol. The number of rotatable bonds is 4. The van der Waals surface area contributed by atoms with Gasteiger partial charge in [-0.15, -0.1) is 0 Å². The van der Waals surface area contributed by atoms with E-state index in [1.165, 1.54) is 27.9 Å². The topological polar surface area (TPSA) is 69.7 Å². The molecule has 0 aromatic carbocycles. The molecule has 0 spiro atoms. The zero-order valence-electron chi connectivity index (χ0n) is 13.5. The Labute approximate surface area is 133 Å². The molecule has 2 bridgehead atoms. The van der Waals surface area contributed by atoms with E-state index in [9.17, 15) is 13.2 Å². The van der Waals surface area contributed by atoms with Crippen molar-refractivity contribution in [2.75, 3.05) is 27.2 Å². The highest BCUT2D eigenvalue weighted by molar-refractivity contribution is 7.86. The van der Waals surface area contributed by atoms with Gasteiger partial charge in [-0.05, 0) is 43.9 Å². The zero-order valence-corrected chi connectivity index (χ0v) is 14.3. The van der Waals surface area contributed by atoms with Crippen LogP contribution in [0.5, 0.6) is 0 Å². The first-order valence-corrected chi connectivity index (χ1v) is 9.75. The maximum atomic E-state index is 12.4. The first kappa shape index (κ1) is 16.2. The Bertz CT molecular complexity index is 526. The average Bonchev–Trinajstić information content (AvgIpc) is 3.09. The number of fused-ring (bicyclic) bond motifs is 2. The predicted octanol–water partition coefficient (Wildman–Crippen LogP) is 0.810. The number of hydrogen-bond donors (Lipinski definition) is 1. The molecule has 0 aromatic heterocycles. The van der Waals surface area contributed by atoms with E-state index in [2.05, 4.69) is 5.32 Å². The van der Waals surface area contributed by atoms with Crippen molar-refractivity contribution in [2.24, 2.45) is 17.8 Å². The van der Waals surface area contributed by atoms with Gasteiger partial charge >= 0.3 is 0 Å². The number of nitrogens with one attached hydrogen (secondary N) is 1. The van der Waals surface area contributed by atoms with Gasteiger partial charge < -0.3 is 5.32 Å². The Kier molecular flexibility index (Phi) is 4.49. The summed E-state index contributed by atoms with van der Waals surface area (Å²) in [6.07, 6.45) is 6.27. The molecule has 1 aliphatic heterocycles. The molecule has 3 aliphatic rings. The van der Waals surface area contributed by atoms with E-state index in [0.717, 1.165) is 12.3 Å². The second-order valence-corrected chi connectivity index (χ2v) is 9.40. The van der Waals surface area contributed by atoms with Crippen LogP contribution in [0.1, 0.15) is 38.5 Å². The van der Waals surface area contributed by atoms with Crippen molar-refractivity contribution in [3.8, 4) is 0 Å². The van der Waals surface area contributed by atoms with E-state index in [1.807, 2.05) is 0 Å². The Hall–Kier alpha value is -0.660. The number of amides is 1. The number of carbonyl (C=O) groups is 1. The van der Waals surface area contributed by atoms with Crippen LogP contribution in [0.15, 0.2) is 0 Å². The van der Waals surface area contributed by atoms with Crippen molar-refractivity contribution in [3.05, 3.63) is 0 Å². The second-order valence-electron chi connectivity index (χ2n) is 7.25. The normalized spacial score (nSPS) is 33.5. The lowest BCUT2D eigenvalue weighted by Crippen LogP contribution is -2.48. The van der Waals surface area contributed by atoms with Gasteiger partial charge in [-0.25, -0.2) is 0 Å². The third-order valence-corrected chi connectivity index (χ3v) is 7.62. The fourth-order valence-electron chi connectivity index (χ4n) is 4.30. The fourth-order valence-corrected chi connectivity index (χ4v) is 5.44. The molecule has 22 heavy (non-hydrogen) atoms. The third-order valence-electron chi connectivity index (χ3n) is 5.68. The van der Waals surface area contributed by atoms with Gasteiger partial charge in [0.25, 0.3) is 10.2 Å². The standard InChI is InChI=1S/C15H27N3O3S/c1-17(2)22(20,21)18-7-5-12(6-8-18)15(19)16-14-10-11-3-4-13(14)9-11/h11-14H,3-10H2,1-2H3,(H,16,19)/t11-,13+,14-/m0/s1. The van der Waals surface area contributed by atoms with Gasteiger partial charge in [-0.1, -0.05) is 6.42 Å². The fraction of sp³-hybridized carbons (Fsp3) is 0.933. The van der Waals surface area contributed by atoms with Gasteiger partial charge in [0.05, 0.1) is 0 Å². The Morgan fingerprint density at radius 3 is 2.27 bits per heavy atom. The summed E-state index contributed by atoms with van der Waals surface area (Å²) in [5, 5.41) is 3.24. The minimum atomic E-state index is -3.34. The molecule has 2 saturated carbocycles. The van der Waals surface area contributed by atoms with Crippen LogP contribution in [-0.2, 0) is 15.0 Å². The Morgan fingerprint density at radius 2 is 1.77 bits per heavy atom. The molecule has 3 rings (SSSR count). The van der Waals surface area contributed by atoms with Crippen LogP contribution in [0.4, 0.5) is 0 Å². The molecule has 2 aliphatic carbocycles. The quantitative estimate of drug-likeness (QED) is 0.830. The van der Waals surface area contributed by atoms with Gasteiger partial charge in [0.15, 0.2) is 0 Å². The van der Waals surface area contributed by atoms with Crippen LogP contribution in [0.2, 0.25) is 0 Å². The van der Waals surface area contributed by atoms with Crippen molar-refractivity contribution in [1.82, 2.24) is 13.9 Å². The van der Waals surface area contributed by atoms with Gasteiger partial charge in [-0.3, -0.25) is 4.79 Å². The Balaban J connectivity index is 1.50. The SMILES string of the molecule is CN(C)S(=O)(=O)N1CCC(C(=O)N[C@H]2C[C@H]3CC[C@@H]2C3)CC1. The first-order valence-electron chi connectivity index (χ1n) is 8.36. The van der Waals surface area contributed by atoms with Gasteiger partial charge in [0.2, 0.25) is 5.91 Å². The molecular weight excluding hydrogens is 302 g/mol. The van der Waals surface area contributed by atoms with Crippen LogP contribution in [0.3, 0.4) is 0 Å². The lowest BCUT2D eigenvalue weighted by molar-refractivity contribution is -0.127. The zero-order chi connectivity index (χ0) is 15.9. The van der Waals surface area contributed by atoms with Crippen molar-refractivity contribution in [1.29, 1.82) is 0 Å². The summed E-state index contributed by atoms with van der Waals surface area (Å²) in [5.41, 5.74) is 0. The van der Waals surface area contributed by atoms with Crippen LogP contribution < -0.4 is 5.32 Å². The maximum absolute atomic E-state index is 12.4. The number of hydrogen-bond acceptors (Lipinski definition) is 3. The molecule has 1 N–H and O–H groups in total. The second kappa shape index (κ2) is 6.09. The van der Waals surface area contributed by atoms with Crippen molar-refractivity contribution >= 4 is 16.1 Å². The van der Waals surface area contributed by atoms with Gasteiger partial charge in [-0.2, -0.15) is 17.0 Å². The first-order chi connectivity index (χ1) is 10.4. The van der Waals surface area contributed by atoms with E-state index in [1.54, 1.807) is 14.1 Å². The smallest absolute Gasteiger partial charge is 0.281 e. The molecule has 1 saturated heterocycles. The van der Waals surface area contributed by atoms with Crippen molar-refractivity contribution < 1.29 is 13.2 Å². The molecule has 0 radical (unpaired) electrons. The van der Waals surface area contributed by atoms with E-state index < -0.39 is 10.2 Å². The lowest BCUT2D eigenvalue weighted by atomic mass is 9.93. The molecule has 1 heterocycles. The van der Waals surface area contributed by atoms with Crippen LogP contribution >= 0.6 is 0 Å².